The van der Waals surface area contributed by atoms with Crippen LogP contribution in [0.1, 0.15) is 18.5 Å². The number of ether oxygens (including phenoxy) is 1. The van der Waals surface area contributed by atoms with Crippen LogP contribution in [0.5, 0.6) is 0 Å². The molecule has 0 spiro atoms. The fourth-order valence-corrected chi connectivity index (χ4v) is 2.87. The van der Waals surface area contributed by atoms with E-state index >= 15 is 0 Å². The summed E-state index contributed by atoms with van der Waals surface area (Å²) in [5, 5.41) is 5.04. The maximum atomic E-state index is 14.1. The van der Waals surface area contributed by atoms with E-state index in [1.165, 1.54) is 12.1 Å². The fraction of sp³-hybridized carbons (Fsp3) is 0.375. The number of carbonyl (C=O) groups is 2. The van der Waals surface area contributed by atoms with Crippen LogP contribution in [0.25, 0.3) is 0 Å². The second-order valence-electron chi connectivity index (χ2n) is 4.96. The van der Waals surface area contributed by atoms with Crippen LogP contribution in [-0.4, -0.2) is 30.1 Å². The van der Waals surface area contributed by atoms with E-state index in [1.807, 2.05) is 6.92 Å². The zero-order valence-corrected chi connectivity index (χ0v) is 13.6. The standard InChI is InChI=1S/C16H19FN2O3S/c1-3-23-9-8-22-15(20)13-10(2)18-16(21)19-14(13)11-6-4-5-7-12(11)17/h4-7,13-14H,2-3,8-9H2,1H3,(H2,18,19,21)/t13-,14+/m1/s1. The largest absolute Gasteiger partial charge is 0.464 e. The van der Waals surface area contributed by atoms with Gasteiger partial charge in [0.05, 0.1) is 6.04 Å². The molecule has 0 unspecified atom stereocenters. The number of amides is 2. The van der Waals surface area contributed by atoms with E-state index in [0.29, 0.717) is 5.75 Å². The van der Waals surface area contributed by atoms with E-state index in [2.05, 4.69) is 17.2 Å². The molecule has 2 rings (SSSR count). The van der Waals surface area contributed by atoms with Crippen molar-refractivity contribution in [1.82, 2.24) is 10.6 Å². The predicted molar refractivity (Wildman–Crippen MR) is 87.4 cm³/mol. The lowest BCUT2D eigenvalue weighted by Crippen LogP contribution is -2.51. The van der Waals surface area contributed by atoms with Gasteiger partial charge in [-0.25, -0.2) is 9.18 Å². The first-order valence-electron chi connectivity index (χ1n) is 7.29. The lowest BCUT2D eigenvalue weighted by molar-refractivity contribution is -0.147. The fourth-order valence-electron chi connectivity index (χ4n) is 2.38. The lowest BCUT2D eigenvalue weighted by atomic mass is 9.89. The molecule has 0 saturated carbocycles. The normalized spacial score (nSPS) is 20.6. The Balaban J connectivity index is 2.19. The van der Waals surface area contributed by atoms with Crippen molar-refractivity contribution in [2.45, 2.75) is 13.0 Å². The summed E-state index contributed by atoms with van der Waals surface area (Å²) in [6, 6.07) is 4.65. The highest BCUT2D eigenvalue weighted by Crippen LogP contribution is 2.31. The molecule has 0 bridgehead atoms. The maximum Gasteiger partial charge on any atom is 0.319 e. The average Bonchev–Trinajstić information content (AvgIpc) is 2.51. The van der Waals surface area contributed by atoms with E-state index in [-0.39, 0.29) is 17.9 Å². The Morgan fingerprint density at radius 1 is 1.43 bits per heavy atom. The van der Waals surface area contributed by atoms with Crippen LogP contribution in [0.2, 0.25) is 0 Å². The van der Waals surface area contributed by atoms with Crippen molar-refractivity contribution in [2.75, 3.05) is 18.1 Å². The zero-order chi connectivity index (χ0) is 16.8. The number of hydrogen-bond donors (Lipinski definition) is 2. The van der Waals surface area contributed by atoms with Crippen molar-refractivity contribution in [3.63, 3.8) is 0 Å². The first-order chi connectivity index (χ1) is 11.0. The molecular weight excluding hydrogens is 319 g/mol. The highest BCUT2D eigenvalue weighted by molar-refractivity contribution is 7.99. The van der Waals surface area contributed by atoms with Gasteiger partial charge in [0.1, 0.15) is 18.3 Å². The van der Waals surface area contributed by atoms with Gasteiger partial charge in [0, 0.05) is 17.0 Å². The molecule has 2 amide bonds. The van der Waals surface area contributed by atoms with Crippen LogP contribution >= 0.6 is 11.8 Å². The Labute approximate surface area is 138 Å². The van der Waals surface area contributed by atoms with Gasteiger partial charge in [-0.2, -0.15) is 11.8 Å². The summed E-state index contributed by atoms with van der Waals surface area (Å²) in [6.07, 6.45) is 0. The number of thioether (sulfide) groups is 1. The highest BCUT2D eigenvalue weighted by atomic mass is 32.2. The molecule has 1 aliphatic heterocycles. The molecule has 0 radical (unpaired) electrons. The van der Waals surface area contributed by atoms with E-state index < -0.39 is 29.8 Å². The van der Waals surface area contributed by atoms with E-state index in [9.17, 15) is 14.0 Å². The number of nitrogens with one attached hydrogen (secondary N) is 2. The van der Waals surface area contributed by atoms with Gasteiger partial charge in [0.25, 0.3) is 0 Å². The second kappa shape index (κ2) is 8.01. The molecule has 2 atom stereocenters. The first-order valence-corrected chi connectivity index (χ1v) is 8.45. The number of halogens is 1. The molecule has 1 aliphatic rings. The third-order valence-corrected chi connectivity index (χ3v) is 4.30. The molecule has 5 nitrogen and oxygen atoms in total. The van der Waals surface area contributed by atoms with E-state index in [1.54, 1.807) is 23.9 Å². The molecule has 23 heavy (non-hydrogen) atoms. The second-order valence-corrected chi connectivity index (χ2v) is 6.36. The lowest BCUT2D eigenvalue weighted by Gasteiger charge is -2.33. The van der Waals surface area contributed by atoms with Gasteiger partial charge in [-0.05, 0) is 11.8 Å². The minimum absolute atomic E-state index is 0.204. The first kappa shape index (κ1) is 17.3. The molecule has 7 heteroatoms. The number of rotatable bonds is 6. The maximum absolute atomic E-state index is 14.1. The van der Waals surface area contributed by atoms with Crippen LogP contribution in [0.15, 0.2) is 36.5 Å². The third-order valence-electron chi connectivity index (χ3n) is 3.44. The molecule has 124 valence electrons. The average molecular weight is 338 g/mol. The number of urea groups is 1. The topological polar surface area (TPSA) is 67.4 Å². The summed E-state index contributed by atoms with van der Waals surface area (Å²) in [6.45, 7) is 6.00. The summed E-state index contributed by atoms with van der Waals surface area (Å²) < 4.78 is 19.3. The highest BCUT2D eigenvalue weighted by Gasteiger charge is 2.39. The molecule has 1 aromatic carbocycles. The molecule has 0 aliphatic carbocycles. The van der Waals surface area contributed by atoms with Crippen molar-refractivity contribution in [2.24, 2.45) is 5.92 Å². The van der Waals surface area contributed by atoms with Crippen molar-refractivity contribution >= 4 is 23.8 Å². The Morgan fingerprint density at radius 2 is 2.17 bits per heavy atom. The van der Waals surface area contributed by atoms with Gasteiger partial charge >= 0.3 is 12.0 Å². The van der Waals surface area contributed by atoms with Crippen LogP contribution in [-0.2, 0) is 9.53 Å². The minimum Gasteiger partial charge on any atom is -0.464 e. The van der Waals surface area contributed by atoms with Crippen molar-refractivity contribution in [1.29, 1.82) is 0 Å². The predicted octanol–water partition coefficient (Wildman–Crippen LogP) is 2.61. The van der Waals surface area contributed by atoms with E-state index in [0.717, 1.165) is 5.75 Å². The minimum atomic E-state index is -0.878. The van der Waals surface area contributed by atoms with Gasteiger partial charge in [0.15, 0.2) is 0 Å². The monoisotopic (exact) mass is 338 g/mol. The Kier molecular flexibility index (Phi) is 6.04. The number of hydrogen-bond acceptors (Lipinski definition) is 4. The van der Waals surface area contributed by atoms with Crippen LogP contribution in [0, 0.1) is 11.7 Å². The quantitative estimate of drug-likeness (QED) is 0.618. The van der Waals surface area contributed by atoms with Crippen LogP contribution in [0.4, 0.5) is 9.18 Å². The van der Waals surface area contributed by atoms with Gasteiger partial charge < -0.3 is 15.4 Å². The smallest absolute Gasteiger partial charge is 0.319 e. The van der Waals surface area contributed by atoms with Gasteiger partial charge in [-0.1, -0.05) is 31.7 Å². The molecule has 1 heterocycles. The molecule has 0 aromatic heterocycles. The summed E-state index contributed by atoms with van der Waals surface area (Å²) in [4.78, 5) is 24.0. The zero-order valence-electron chi connectivity index (χ0n) is 12.8. The molecule has 2 N–H and O–H groups in total. The summed E-state index contributed by atoms with van der Waals surface area (Å²) in [5.74, 6) is -0.287. The molecule has 1 aromatic rings. The van der Waals surface area contributed by atoms with Gasteiger partial charge in [-0.3, -0.25) is 4.79 Å². The van der Waals surface area contributed by atoms with Crippen LogP contribution < -0.4 is 10.6 Å². The Bertz CT molecular complexity index is 609. The third kappa shape index (κ3) is 4.25. The van der Waals surface area contributed by atoms with Gasteiger partial charge in [0.2, 0.25) is 0 Å². The van der Waals surface area contributed by atoms with Crippen molar-refractivity contribution in [3.8, 4) is 0 Å². The van der Waals surface area contributed by atoms with Crippen molar-refractivity contribution < 1.29 is 18.7 Å². The summed E-state index contributed by atoms with van der Waals surface area (Å²) >= 11 is 1.65. The number of esters is 1. The molecule has 1 fully saturated rings. The van der Waals surface area contributed by atoms with E-state index in [4.69, 9.17) is 4.74 Å². The number of benzene rings is 1. The van der Waals surface area contributed by atoms with Crippen LogP contribution in [0.3, 0.4) is 0 Å². The van der Waals surface area contributed by atoms with Gasteiger partial charge in [-0.15, -0.1) is 0 Å². The Hall–Kier alpha value is -2.02. The Morgan fingerprint density at radius 3 is 2.87 bits per heavy atom. The number of carbonyl (C=O) groups excluding carboxylic acids is 2. The molecular formula is C16H19FN2O3S. The SMILES string of the molecule is C=C1NC(=O)N[C@@H](c2ccccc2F)[C@@H]1C(=O)OCCSCC. The summed E-state index contributed by atoms with van der Waals surface area (Å²) in [5.41, 5.74) is 0.434. The summed E-state index contributed by atoms with van der Waals surface area (Å²) in [7, 11) is 0. The molecule has 1 saturated heterocycles. The van der Waals surface area contributed by atoms with Crippen molar-refractivity contribution in [3.05, 3.63) is 47.9 Å².